The molecular weight excluding hydrogens is 191 g/mol. The van der Waals surface area contributed by atoms with E-state index in [1.165, 1.54) is 5.56 Å². The topological polar surface area (TPSA) is 38.0 Å². The Hall–Kier alpha value is -1.09. The van der Waals surface area contributed by atoms with Gasteiger partial charge in [-0.15, -0.1) is 0 Å². The number of halogens is 1. The Balaban J connectivity index is 2.50. The highest BCUT2D eigenvalue weighted by molar-refractivity contribution is 5.44. The van der Waals surface area contributed by atoms with Crippen LogP contribution in [0.4, 0.5) is 10.1 Å². The first-order valence-electron chi connectivity index (χ1n) is 5.23. The minimum atomic E-state index is -1.18. The van der Waals surface area contributed by atoms with E-state index in [2.05, 4.69) is 5.32 Å². The molecule has 3 heteroatoms. The molecule has 0 spiro atoms. The van der Waals surface area contributed by atoms with Crippen molar-refractivity contribution in [1.82, 2.24) is 0 Å². The van der Waals surface area contributed by atoms with Crippen LogP contribution in [-0.4, -0.2) is 18.8 Å². The first-order valence-corrected chi connectivity index (χ1v) is 5.23. The number of alkyl halides is 1. The number of benzene rings is 1. The Morgan fingerprint density at radius 1 is 1.27 bits per heavy atom. The molecule has 0 aliphatic heterocycles. The number of hydrogen-bond acceptors (Lipinski definition) is 2. The van der Waals surface area contributed by atoms with Gasteiger partial charge in [-0.2, -0.15) is 0 Å². The van der Waals surface area contributed by atoms with E-state index in [0.29, 0.717) is 13.1 Å². The van der Waals surface area contributed by atoms with Gasteiger partial charge in [-0.05, 0) is 44.5 Å². The molecule has 84 valence electrons. The lowest BCUT2D eigenvalue weighted by Gasteiger charge is -2.15. The molecule has 0 unspecified atom stereocenters. The summed E-state index contributed by atoms with van der Waals surface area (Å²) < 4.78 is 13.2. The van der Waals surface area contributed by atoms with Crippen molar-refractivity contribution >= 4 is 5.69 Å². The van der Waals surface area contributed by atoms with Gasteiger partial charge in [0.1, 0.15) is 5.67 Å². The largest absolute Gasteiger partial charge is 0.382 e. The van der Waals surface area contributed by atoms with Crippen LogP contribution >= 0.6 is 0 Å². The highest BCUT2D eigenvalue weighted by atomic mass is 19.1. The zero-order chi connectivity index (χ0) is 11.3. The maximum atomic E-state index is 13.2. The molecule has 0 aliphatic rings. The summed E-state index contributed by atoms with van der Waals surface area (Å²) in [5, 5.41) is 3.05. The Morgan fingerprint density at radius 3 is 2.33 bits per heavy atom. The summed E-state index contributed by atoms with van der Waals surface area (Å²) in [4.78, 5) is 0. The molecule has 0 atom stereocenters. The quantitative estimate of drug-likeness (QED) is 0.783. The molecule has 3 N–H and O–H groups in total. The van der Waals surface area contributed by atoms with Crippen LogP contribution < -0.4 is 11.1 Å². The highest BCUT2D eigenvalue weighted by Crippen LogP contribution is 2.13. The third-order valence-electron chi connectivity index (χ3n) is 2.10. The molecule has 0 aromatic heterocycles. The molecule has 0 radical (unpaired) electrons. The van der Waals surface area contributed by atoms with Crippen molar-refractivity contribution in [1.29, 1.82) is 0 Å². The predicted octanol–water partition coefficient (Wildman–Crippen LogP) is 2.35. The van der Waals surface area contributed by atoms with Crippen LogP contribution in [0.15, 0.2) is 24.3 Å². The summed E-state index contributed by atoms with van der Waals surface area (Å²) in [5.74, 6) is 0. The van der Waals surface area contributed by atoms with E-state index in [1.54, 1.807) is 13.8 Å². The van der Waals surface area contributed by atoms with Gasteiger partial charge in [-0.25, -0.2) is 4.39 Å². The lowest BCUT2D eigenvalue weighted by Crippen LogP contribution is -2.24. The van der Waals surface area contributed by atoms with Gasteiger partial charge in [0.15, 0.2) is 0 Å². The van der Waals surface area contributed by atoms with Crippen molar-refractivity contribution in [2.24, 2.45) is 5.73 Å². The Morgan fingerprint density at radius 2 is 1.87 bits per heavy atom. The second kappa shape index (κ2) is 5.12. The second-order valence-corrected chi connectivity index (χ2v) is 4.31. The van der Waals surface area contributed by atoms with Crippen LogP contribution in [0.3, 0.4) is 0 Å². The van der Waals surface area contributed by atoms with E-state index in [9.17, 15) is 4.39 Å². The molecule has 0 saturated heterocycles. The van der Waals surface area contributed by atoms with Crippen LogP contribution in [0.2, 0.25) is 0 Å². The number of rotatable bonds is 5. The van der Waals surface area contributed by atoms with Crippen molar-refractivity contribution in [2.45, 2.75) is 25.9 Å². The first kappa shape index (κ1) is 12.0. The number of nitrogens with two attached hydrogens (primary N) is 1. The molecule has 0 bridgehead atoms. The van der Waals surface area contributed by atoms with Crippen molar-refractivity contribution in [3.63, 3.8) is 0 Å². The fourth-order valence-electron chi connectivity index (χ4n) is 1.27. The molecule has 0 heterocycles. The molecule has 0 aliphatic carbocycles. The number of nitrogens with one attached hydrogen (secondary N) is 1. The summed E-state index contributed by atoms with van der Waals surface area (Å²) >= 11 is 0. The van der Waals surface area contributed by atoms with Gasteiger partial charge in [-0.3, -0.25) is 0 Å². The number of hydrogen-bond donors (Lipinski definition) is 2. The van der Waals surface area contributed by atoms with Crippen molar-refractivity contribution < 1.29 is 4.39 Å². The maximum absolute atomic E-state index is 13.2. The summed E-state index contributed by atoms with van der Waals surface area (Å²) in [6.45, 7) is 4.10. The molecule has 1 aromatic carbocycles. The standard InChI is InChI=1S/C12H19FN2/c1-12(2,13)9-15-11-5-3-10(4-6-11)7-8-14/h3-6,15H,7-9,14H2,1-2H3. The molecule has 0 amide bonds. The van der Waals surface area contributed by atoms with Gasteiger partial charge in [0.05, 0.1) is 0 Å². The zero-order valence-corrected chi connectivity index (χ0v) is 9.39. The van der Waals surface area contributed by atoms with Crippen LogP contribution in [0.1, 0.15) is 19.4 Å². The summed E-state index contributed by atoms with van der Waals surface area (Å²) in [6, 6.07) is 7.94. The monoisotopic (exact) mass is 210 g/mol. The fraction of sp³-hybridized carbons (Fsp3) is 0.500. The van der Waals surface area contributed by atoms with Crippen molar-refractivity contribution in [3.05, 3.63) is 29.8 Å². The number of anilines is 1. The molecule has 0 saturated carbocycles. The van der Waals surface area contributed by atoms with Crippen molar-refractivity contribution in [2.75, 3.05) is 18.4 Å². The zero-order valence-electron chi connectivity index (χ0n) is 9.39. The molecule has 0 fully saturated rings. The van der Waals surface area contributed by atoms with E-state index < -0.39 is 5.67 Å². The van der Waals surface area contributed by atoms with Gasteiger partial charge in [0.25, 0.3) is 0 Å². The van der Waals surface area contributed by atoms with E-state index in [1.807, 2.05) is 24.3 Å². The Bertz CT molecular complexity index is 287. The van der Waals surface area contributed by atoms with Gasteiger partial charge >= 0.3 is 0 Å². The van der Waals surface area contributed by atoms with E-state index in [0.717, 1.165) is 12.1 Å². The van der Waals surface area contributed by atoms with E-state index in [4.69, 9.17) is 5.73 Å². The van der Waals surface area contributed by atoms with Crippen LogP contribution in [0.25, 0.3) is 0 Å². The average molecular weight is 210 g/mol. The Kier molecular flexibility index (Phi) is 4.09. The van der Waals surface area contributed by atoms with Gasteiger partial charge in [0.2, 0.25) is 0 Å². The second-order valence-electron chi connectivity index (χ2n) is 4.31. The van der Waals surface area contributed by atoms with Crippen LogP contribution in [0, 0.1) is 0 Å². The molecular formula is C12H19FN2. The molecule has 15 heavy (non-hydrogen) atoms. The lowest BCUT2D eigenvalue weighted by molar-refractivity contribution is 0.235. The normalized spacial score (nSPS) is 11.5. The summed E-state index contributed by atoms with van der Waals surface area (Å²) in [6.07, 6.45) is 0.884. The van der Waals surface area contributed by atoms with Crippen molar-refractivity contribution in [3.8, 4) is 0 Å². The van der Waals surface area contributed by atoms with E-state index >= 15 is 0 Å². The third-order valence-corrected chi connectivity index (χ3v) is 2.10. The van der Waals surface area contributed by atoms with Crippen LogP contribution in [-0.2, 0) is 6.42 Å². The summed E-state index contributed by atoms with van der Waals surface area (Å²) in [7, 11) is 0. The average Bonchev–Trinajstić information content (AvgIpc) is 2.16. The first-order chi connectivity index (χ1) is 7.01. The van der Waals surface area contributed by atoms with Gasteiger partial charge < -0.3 is 11.1 Å². The smallest absolute Gasteiger partial charge is 0.122 e. The van der Waals surface area contributed by atoms with E-state index in [-0.39, 0.29) is 0 Å². The molecule has 1 aromatic rings. The molecule has 2 nitrogen and oxygen atoms in total. The Labute approximate surface area is 90.7 Å². The molecule has 1 rings (SSSR count). The lowest BCUT2D eigenvalue weighted by atomic mass is 10.1. The minimum Gasteiger partial charge on any atom is -0.382 e. The minimum absolute atomic E-state index is 0.323. The van der Waals surface area contributed by atoms with Gasteiger partial charge in [0, 0.05) is 12.2 Å². The highest BCUT2D eigenvalue weighted by Gasteiger charge is 2.14. The predicted molar refractivity (Wildman–Crippen MR) is 62.9 cm³/mol. The summed E-state index contributed by atoms with van der Waals surface area (Å²) in [5.41, 5.74) is 6.42. The SMILES string of the molecule is CC(C)(F)CNc1ccc(CCN)cc1. The maximum Gasteiger partial charge on any atom is 0.122 e. The fourth-order valence-corrected chi connectivity index (χ4v) is 1.27. The van der Waals surface area contributed by atoms with Gasteiger partial charge in [-0.1, -0.05) is 12.1 Å². The third kappa shape index (κ3) is 4.79. The van der Waals surface area contributed by atoms with Crippen LogP contribution in [0.5, 0.6) is 0 Å².